The minimum absolute atomic E-state index is 0.692. The second-order valence-electron chi connectivity index (χ2n) is 5.66. The summed E-state index contributed by atoms with van der Waals surface area (Å²) in [6.45, 7) is 10.7. The summed E-state index contributed by atoms with van der Waals surface area (Å²) in [6.07, 6.45) is 6.35. The molecule has 2 nitrogen and oxygen atoms in total. The molecule has 0 aromatic carbocycles. The molecule has 0 saturated carbocycles. The topological polar surface area (TPSA) is 15.3 Å². The molecule has 1 aliphatic heterocycles. The first kappa shape index (κ1) is 15.3. The minimum atomic E-state index is 0.692. The average Bonchev–Trinajstić information content (AvgIpc) is 2.30. The summed E-state index contributed by atoms with van der Waals surface area (Å²) in [5.74, 6) is 2.08. The molecule has 1 rings (SSSR count). The lowest BCUT2D eigenvalue weighted by Gasteiger charge is -2.40. The molecule has 0 radical (unpaired) electrons. The summed E-state index contributed by atoms with van der Waals surface area (Å²) in [6, 6.07) is 1.41. The van der Waals surface area contributed by atoms with Crippen molar-refractivity contribution >= 4 is 11.8 Å². The van der Waals surface area contributed by atoms with Crippen molar-refractivity contribution < 1.29 is 0 Å². The van der Waals surface area contributed by atoms with Gasteiger partial charge in [0.15, 0.2) is 0 Å². The second kappa shape index (κ2) is 8.39. The van der Waals surface area contributed by atoms with Crippen LogP contribution in [0, 0.1) is 5.92 Å². The van der Waals surface area contributed by atoms with Gasteiger partial charge in [0.1, 0.15) is 0 Å². The highest BCUT2D eigenvalue weighted by atomic mass is 32.2. The smallest absolute Gasteiger partial charge is 0.0218 e. The molecule has 102 valence electrons. The molecule has 0 amide bonds. The van der Waals surface area contributed by atoms with E-state index in [-0.39, 0.29) is 0 Å². The maximum atomic E-state index is 3.66. The van der Waals surface area contributed by atoms with Gasteiger partial charge in [-0.25, -0.2) is 0 Å². The van der Waals surface area contributed by atoms with Crippen molar-refractivity contribution in [1.82, 2.24) is 10.2 Å². The molecule has 0 bridgehead atoms. The van der Waals surface area contributed by atoms with E-state index in [2.05, 4.69) is 37.2 Å². The fourth-order valence-electron chi connectivity index (χ4n) is 2.44. The van der Waals surface area contributed by atoms with Crippen molar-refractivity contribution in [3.05, 3.63) is 0 Å². The van der Waals surface area contributed by atoms with E-state index in [0.717, 1.165) is 12.5 Å². The molecule has 1 N–H and O–H groups in total. The first-order chi connectivity index (χ1) is 8.15. The Hall–Kier alpha value is 0.270. The number of hydrogen-bond acceptors (Lipinski definition) is 3. The molecular weight excluding hydrogens is 228 g/mol. The van der Waals surface area contributed by atoms with Crippen LogP contribution in [0.1, 0.15) is 40.0 Å². The first-order valence-electron chi connectivity index (χ1n) is 7.11. The molecule has 1 fully saturated rings. The lowest BCUT2D eigenvalue weighted by molar-refractivity contribution is 0.121. The highest BCUT2D eigenvalue weighted by Gasteiger charge is 2.25. The summed E-state index contributed by atoms with van der Waals surface area (Å²) in [4.78, 5) is 2.68. The normalized spacial score (nSPS) is 26.6. The number of thioether (sulfide) groups is 1. The number of unbranched alkanes of at least 4 members (excludes halogenated alkanes) is 2. The van der Waals surface area contributed by atoms with Crippen LogP contribution in [0.15, 0.2) is 0 Å². The van der Waals surface area contributed by atoms with Crippen LogP contribution in [-0.4, -0.2) is 48.6 Å². The van der Waals surface area contributed by atoms with Gasteiger partial charge in [-0.3, -0.25) is 4.90 Å². The summed E-state index contributed by atoms with van der Waals surface area (Å²) >= 11 is 1.97. The SMILES string of the molecule is CSCCCCCN1CC(C(C)C)NCC1C. The van der Waals surface area contributed by atoms with E-state index < -0.39 is 0 Å². The zero-order valence-electron chi connectivity index (χ0n) is 12.0. The number of nitrogens with zero attached hydrogens (tertiary/aromatic N) is 1. The van der Waals surface area contributed by atoms with Gasteiger partial charge in [0.2, 0.25) is 0 Å². The third kappa shape index (κ3) is 5.62. The molecule has 0 spiro atoms. The van der Waals surface area contributed by atoms with Crippen molar-refractivity contribution in [3.63, 3.8) is 0 Å². The van der Waals surface area contributed by atoms with Gasteiger partial charge in [0.25, 0.3) is 0 Å². The Morgan fingerprint density at radius 1 is 1.29 bits per heavy atom. The third-order valence-corrected chi connectivity index (χ3v) is 4.53. The van der Waals surface area contributed by atoms with Gasteiger partial charge in [-0.15, -0.1) is 0 Å². The Balaban J connectivity index is 2.20. The van der Waals surface area contributed by atoms with Gasteiger partial charge in [-0.2, -0.15) is 11.8 Å². The van der Waals surface area contributed by atoms with E-state index in [9.17, 15) is 0 Å². The van der Waals surface area contributed by atoms with Crippen molar-refractivity contribution in [2.24, 2.45) is 5.92 Å². The molecule has 3 heteroatoms. The number of hydrogen-bond donors (Lipinski definition) is 1. The predicted molar refractivity (Wildman–Crippen MR) is 79.9 cm³/mol. The first-order valence-corrected chi connectivity index (χ1v) is 8.51. The van der Waals surface area contributed by atoms with Crippen LogP contribution < -0.4 is 5.32 Å². The van der Waals surface area contributed by atoms with E-state index in [0.29, 0.717) is 12.1 Å². The molecular formula is C14H30N2S. The fraction of sp³-hybridized carbons (Fsp3) is 1.00. The molecule has 0 aliphatic carbocycles. The Bertz CT molecular complexity index is 197. The molecule has 17 heavy (non-hydrogen) atoms. The Kier molecular flexibility index (Phi) is 7.56. The van der Waals surface area contributed by atoms with E-state index in [4.69, 9.17) is 0 Å². The van der Waals surface area contributed by atoms with Crippen LogP contribution in [0.2, 0.25) is 0 Å². The van der Waals surface area contributed by atoms with Crippen LogP contribution in [0.4, 0.5) is 0 Å². The highest BCUT2D eigenvalue weighted by molar-refractivity contribution is 7.98. The maximum absolute atomic E-state index is 3.66. The Labute approximate surface area is 112 Å². The number of rotatable bonds is 7. The summed E-state index contributed by atoms with van der Waals surface area (Å²) in [5, 5.41) is 3.66. The van der Waals surface area contributed by atoms with E-state index in [1.54, 1.807) is 0 Å². The van der Waals surface area contributed by atoms with Crippen molar-refractivity contribution in [1.29, 1.82) is 0 Å². The molecule has 1 heterocycles. The van der Waals surface area contributed by atoms with Crippen LogP contribution >= 0.6 is 11.8 Å². The molecule has 2 atom stereocenters. The van der Waals surface area contributed by atoms with Crippen molar-refractivity contribution in [2.45, 2.75) is 52.1 Å². The fourth-order valence-corrected chi connectivity index (χ4v) is 2.94. The average molecular weight is 258 g/mol. The zero-order chi connectivity index (χ0) is 12.7. The number of piperazine rings is 1. The van der Waals surface area contributed by atoms with Crippen molar-refractivity contribution in [3.8, 4) is 0 Å². The van der Waals surface area contributed by atoms with Gasteiger partial charge >= 0.3 is 0 Å². The molecule has 0 aromatic heterocycles. The Morgan fingerprint density at radius 3 is 2.71 bits per heavy atom. The molecule has 1 saturated heterocycles. The predicted octanol–water partition coefficient (Wildman–Crippen LogP) is 2.84. The summed E-state index contributed by atoms with van der Waals surface area (Å²) < 4.78 is 0. The van der Waals surface area contributed by atoms with Crippen LogP contribution in [0.5, 0.6) is 0 Å². The lowest BCUT2D eigenvalue weighted by atomic mass is 9.99. The van der Waals surface area contributed by atoms with E-state index in [1.165, 1.54) is 38.1 Å². The minimum Gasteiger partial charge on any atom is -0.311 e. The molecule has 2 unspecified atom stereocenters. The van der Waals surface area contributed by atoms with Crippen LogP contribution in [-0.2, 0) is 0 Å². The maximum Gasteiger partial charge on any atom is 0.0218 e. The standard InChI is InChI=1S/C14H30N2S/c1-12(2)14-11-16(13(3)10-15-14)8-6-5-7-9-17-4/h12-15H,5-11H2,1-4H3. The van der Waals surface area contributed by atoms with E-state index in [1.807, 2.05) is 11.8 Å². The highest BCUT2D eigenvalue weighted by Crippen LogP contribution is 2.14. The number of nitrogens with one attached hydrogen (secondary N) is 1. The van der Waals surface area contributed by atoms with Gasteiger partial charge in [-0.05, 0) is 44.2 Å². The van der Waals surface area contributed by atoms with Crippen LogP contribution in [0.3, 0.4) is 0 Å². The van der Waals surface area contributed by atoms with Gasteiger partial charge in [0.05, 0.1) is 0 Å². The van der Waals surface area contributed by atoms with Crippen LogP contribution in [0.25, 0.3) is 0 Å². The Morgan fingerprint density at radius 2 is 2.06 bits per heavy atom. The zero-order valence-corrected chi connectivity index (χ0v) is 12.9. The largest absolute Gasteiger partial charge is 0.311 e. The quantitative estimate of drug-likeness (QED) is 0.707. The molecule has 1 aliphatic rings. The van der Waals surface area contributed by atoms with Gasteiger partial charge < -0.3 is 5.32 Å². The lowest BCUT2D eigenvalue weighted by Crippen LogP contribution is -2.57. The monoisotopic (exact) mass is 258 g/mol. The second-order valence-corrected chi connectivity index (χ2v) is 6.64. The van der Waals surface area contributed by atoms with Crippen molar-refractivity contribution in [2.75, 3.05) is 31.6 Å². The van der Waals surface area contributed by atoms with E-state index >= 15 is 0 Å². The van der Waals surface area contributed by atoms with Gasteiger partial charge in [-0.1, -0.05) is 20.3 Å². The summed E-state index contributed by atoms with van der Waals surface area (Å²) in [5.41, 5.74) is 0. The third-order valence-electron chi connectivity index (χ3n) is 3.83. The summed E-state index contributed by atoms with van der Waals surface area (Å²) in [7, 11) is 0. The molecule has 0 aromatic rings. The van der Waals surface area contributed by atoms with Gasteiger partial charge in [0, 0.05) is 25.2 Å².